The lowest BCUT2D eigenvalue weighted by atomic mass is 9.99. The van der Waals surface area contributed by atoms with Crippen LogP contribution < -0.4 is 4.57 Å². The average Bonchev–Trinajstić information content (AvgIpc) is 3.29. The molecule has 6 aromatic carbocycles. The zero-order chi connectivity index (χ0) is 26.3. The molecule has 0 atom stereocenters. The molecule has 2 heteroatoms. The highest BCUT2D eigenvalue weighted by molar-refractivity contribution is 5.94. The number of aromatic nitrogens is 2. The predicted octanol–water partition coefficient (Wildman–Crippen LogP) is 8.92. The maximum Gasteiger partial charge on any atom is 0.295 e. The van der Waals surface area contributed by atoms with E-state index in [4.69, 9.17) is 0 Å². The lowest BCUT2D eigenvalue weighted by Crippen LogP contribution is -2.30. The Hall–Kier alpha value is -4.95. The molecule has 0 aliphatic heterocycles. The minimum atomic E-state index is 1.17. The monoisotopic (exact) mass is 501 g/mol. The zero-order valence-corrected chi connectivity index (χ0v) is 22.2. The van der Waals surface area contributed by atoms with Gasteiger partial charge in [-0.15, -0.1) is 0 Å². The third kappa shape index (κ3) is 3.93. The van der Waals surface area contributed by atoms with Gasteiger partial charge in [-0.05, 0) is 70.5 Å². The van der Waals surface area contributed by atoms with Crippen molar-refractivity contribution in [3.8, 4) is 39.3 Å². The first-order chi connectivity index (χ1) is 19.2. The molecule has 1 aromatic heterocycles. The van der Waals surface area contributed by atoms with Gasteiger partial charge < -0.3 is 0 Å². The second-order valence-corrected chi connectivity index (χ2v) is 10.2. The van der Waals surface area contributed by atoms with Gasteiger partial charge in [0.25, 0.3) is 5.82 Å². The van der Waals surface area contributed by atoms with E-state index in [-0.39, 0.29) is 0 Å². The zero-order valence-electron chi connectivity index (χ0n) is 22.2. The van der Waals surface area contributed by atoms with Crippen LogP contribution in [0.25, 0.3) is 61.1 Å². The lowest BCUT2D eigenvalue weighted by Gasteiger charge is -2.11. The molecule has 0 N–H and O–H groups in total. The standard InChI is InChI=1S/C37H29N2/c1-26-20-21-30(27-12-5-3-6-13-27)24-33(26)37-38(2)35-23-22-31(28-14-7-4-8-15-28)25-36(35)39(37)34-19-11-17-29-16-9-10-18-32(29)34/h3-25H,1-2H3/q+1. The maximum atomic E-state index is 2.46. The molecule has 7 rings (SSSR count). The molecule has 0 saturated heterocycles. The molecule has 186 valence electrons. The maximum absolute atomic E-state index is 2.46. The summed E-state index contributed by atoms with van der Waals surface area (Å²) in [6.45, 7) is 2.21. The average molecular weight is 502 g/mol. The quantitative estimate of drug-likeness (QED) is 0.213. The number of hydrogen-bond acceptors (Lipinski definition) is 0. The largest absolute Gasteiger partial charge is 0.295 e. The Kier molecular flexibility index (Phi) is 5.60. The Balaban J connectivity index is 1.58. The summed E-state index contributed by atoms with van der Waals surface area (Å²) in [5.41, 5.74) is 10.9. The van der Waals surface area contributed by atoms with Crippen molar-refractivity contribution < 1.29 is 4.57 Å². The van der Waals surface area contributed by atoms with Crippen LogP contribution in [0.15, 0.2) is 140 Å². The van der Waals surface area contributed by atoms with E-state index in [9.17, 15) is 0 Å². The minimum absolute atomic E-state index is 1.17. The number of rotatable bonds is 4. The minimum Gasteiger partial charge on any atom is -0.225 e. The molecular formula is C37H29N2+. The highest BCUT2D eigenvalue weighted by Gasteiger charge is 2.28. The van der Waals surface area contributed by atoms with E-state index in [0.717, 1.165) is 0 Å². The van der Waals surface area contributed by atoms with Gasteiger partial charge in [0, 0.05) is 5.39 Å². The van der Waals surface area contributed by atoms with Crippen LogP contribution in [0.3, 0.4) is 0 Å². The Morgan fingerprint density at radius 1 is 0.538 bits per heavy atom. The molecule has 0 bridgehead atoms. The topological polar surface area (TPSA) is 8.81 Å². The SMILES string of the molecule is Cc1ccc(-c2ccccc2)cc1-c1n(-c2cccc3ccccc23)c2cc(-c3ccccc3)ccc2[n+]1C. The van der Waals surface area contributed by atoms with Crippen molar-refractivity contribution in [1.29, 1.82) is 0 Å². The molecule has 2 nitrogen and oxygen atoms in total. The number of fused-ring (bicyclic) bond motifs is 2. The summed E-state index contributed by atoms with van der Waals surface area (Å²) in [5.74, 6) is 1.17. The van der Waals surface area contributed by atoms with Gasteiger partial charge in [-0.3, -0.25) is 0 Å². The number of nitrogens with zero attached hydrogens (tertiary/aromatic N) is 2. The van der Waals surface area contributed by atoms with Gasteiger partial charge in [-0.1, -0.05) is 109 Å². The summed E-state index contributed by atoms with van der Waals surface area (Å²) >= 11 is 0. The Bertz CT molecular complexity index is 1960. The van der Waals surface area contributed by atoms with E-state index in [2.05, 4.69) is 163 Å². The molecule has 0 radical (unpaired) electrons. The molecular weight excluding hydrogens is 472 g/mol. The van der Waals surface area contributed by atoms with Crippen LogP contribution in [-0.4, -0.2) is 4.57 Å². The fourth-order valence-electron chi connectivity index (χ4n) is 5.80. The van der Waals surface area contributed by atoms with Crippen molar-refractivity contribution in [3.05, 3.63) is 145 Å². The van der Waals surface area contributed by atoms with E-state index in [1.54, 1.807) is 0 Å². The fourth-order valence-corrected chi connectivity index (χ4v) is 5.80. The molecule has 0 spiro atoms. The van der Waals surface area contributed by atoms with Gasteiger partial charge in [0.15, 0.2) is 11.0 Å². The summed E-state index contributed by atoms with van der Waals surface area (Å²) in [4.78, 5) is 0. The molecule has 7 aromatic rings. The fraction of sp³-hybridized carbons (Fsp3) is 0.0541. The van der Waals surface area contributed by atoms with Gasteiger partial charge in [0.05, 0.1) is 12.6 Å². The second kappa shape index (κ2) is 9.41. The molecule has 0 fully saturated rings. The highest BCUT2D eigenvalue weighted by Crippen LogP contribution is 2.36. The predicted molar refractivity (Wildman–Crippen MR) is 163 cm³/mol. The number of imidazole rings is 1. The molecule has 0 unspecified atom stereocenters. The summed E-state index contributed by atoms with van der Waals surface area (Å²) in [6.07, 6.45) is 0. The summed E-state index contributed by atoms with van der Waals surface area (Å²) in [6, 6.07) is 50.2. The van der Waals surface area contributed by atoms with Crippen molar-refractivity contribution in [3.63, 3.8) is 0 Å². The number of hydrogen-bond donors (Lipinski definition) is 0. The van der Waals surface area contributed by atoms with Crippen LogP contribution in [0.2, 0.25) is 0 Å². The Labute approximate surface area is 229 Å². The normalized spacial score (nSPS) is 11.3. The Morgan fingerprint density at radius 2 is 1.15 bits per heavy atom. The van der Waals surface area contributed by atoms with Gasteiger partial charge >= 0.3 is 0 Å². The first-order valence-electron chi connectivity index (χ1n) is 13.4. The van der Waals surface area contributed by atoms with Crippen LogP contribution >= 0.6 is 0 Å². The van der Waals surface area contributed by atoms with Gasteiger partial charge in [0.2, 0.25) is 0 Å². The van der Waals surface area contributed by atoms with Crippen LogP contribution in [0, 0.1) is 6.92 Å². The first kappa shape index (κ1) is 23.2. The van der Waals surface area contributed by atoms with Crippen LogP contribution in [-0.2, 0) is 7.05 Å². The molecule has 0 amide bonds. The van der Waals surface area contributed by atoms with Gasteiger partial charge in [0.1, 0.15) is 5.69 Å². The van der Waals surface area contributed by atoms with E-state index in [1.165, 1.54) is 66.7 Å². The summed E-state index contributed by atoms with van der Waals surface area (Å²) < 4.78 is 4.81. The molecule has 0 aliphatic carbocycles. The van der Waals surface area contributed by atoms with E-state index >= 15 is 0 Å². The van der Waals surface area contributed by atoms with Crippen molar-refractivity contribution in [2.45, 2.75) is 6.92 Å². The summed E-state index contributed by atoms with van der Waals surface area (Å²) in [5, 5.41) is 2.47. The smallest absolute Gasteiger partial charge is 0.225 e. The first-order valence-corrected chi connectivity index (χ1v) is 13.4. The Morgan fingerprint density at radius 3 is 1.90 bits per heavy atom. The molecule has 0 saturated carbocycles. The van der Waals surface area contributed by atoms with Crippen molar-refractivity contribution in [2.24, 2.45) is 7.05 Å². The number of benzene rings is 6. The van der Waals surface area contributed by atoms with Crippen LogP contribution in [0.4, 0.5) is 0 Å². The summed E-state index contributed by atoms with van der Waals surface area (Å²) in [7, 11) is 2.19. The molecule has 0 aliphatic rings. The number of aryl methyl sites for hydroxylation is 2. The third-order valence-corrected chi connectivity index (χ3v) is 7.81. The highest BCUT2D eigenvalue weighted by atomic mass is 15.2. The van der Waals surface area contributed by atoms with Crippen LogP contribution in [0.1, 0.15) is 5.56 Å². The molecule has 1 heterocycles. The van der Waals surface area contributed by atoms with E-state index < -0.39 is 0 Å². The molecule has 39 heavy (non-hydrogen) atoms. The third-order valence-electron chi connectivity index (χ3n) is 7.81. The van der Waals surface area contributed by atoms with Crippen molar-refractivity contribution in [1.82, 2.24) is 4.57 Å². The van der Waals surface area contributed by atoms with Gasteiger partial charge in [-0.25, -0.2) is 4.57 Å². The van der Waals surface area contributed by atoms with Gasteiger partial charge in [-0.2, -0.15) is 4.57 Å². The van der Waals surface area contributed by atoms with Crippen molar-refractivity contribution in [2.75, 3.05) is 0 Å². The van der Waals surface area contributed by atoms with Crippen LogP contribution in [0.5, 0.6) is 0 Å². The van der Waals surface area contributed by atoms with E-state index in [0.29, 0.717) is 0 Å². The lowest BCUT2D eigenvalue weighted by molar-refractivity contribution is -0.633. The van der Waals surface area contributed by atoms with E-state index in [1.807, 2.05) is 0 Å². The van der Waals surface area contributed by atoms with Crippen molar-refractivity contribution >= 4 is 21.8 Å². The second-order valence-electron chi connectivity index (χ2n) is 10.2.